The second-order valence-electron chi connectivity index (χ2n) is 5.49. The molecule has 1 atom stereocenters. The molecule has 1 unspecified atom stereocenters. The summed E-state index contributed by atoms with van der Waals surface area (Å²) in [4.78, 5) is 6.66. The first-order valence-electron chi connectivity index (χ1n) is 6.92. The fourth-order valence-electron chi connectivity index (χ4n) is 2.88. The highest BCUT2D eigenvalue weighted by Crippen LogP contribution is 2.36. The molecule has 1 aromatic carbocycles. The number of anilines is 2. The molecule has 2 aromatic rings. The van der Waals surface area contributed by atoms with Gasteiger partial charge in [-0.3, -0.25) is 0 Å². The van der Waals surface area contributed by atoms with Crippen molar-refractivity contribution in [2.24, 2.45) is 5.92 Å². The van der Waals surface area contributed by atoms with Crippen LogP contribution in [-0.2, 0) is 6.42 Å². The monoisotopic (exact) mass is 263 g/mol. The lowest BCUT2D eigenvalue weighted by Crippen LogP contribution is -2.31. The summed E-state index contributed by atoms with van der Waals surface area (Å²) >= 11 is 0. The molecule has 0 bridgehead atoms. The number of nitriles is 1. The fraction of sp³-hybridized carbons (Fsp3) is 0.294. The highest BCUT2D eigenvalue weighted by Gasteiger charge is 2.25. The van der Waals surface area contributed by atoms with Crippen LogP contribution in [0.3, 0.4) is 0 Å². The summed E-state index contributed by atoms with van der Waals surface area (Å²) in [5.41, 5.74) is 4.17. The molecule has 0 saturated heterocycles. The summed E-state index contributed by atoms with van der Waals surface area (Å²) in [6, 6.07) is 12.6. The van der Waals surface area contributed by atoms with Crippen LogP contribution < -0.4 is 4.90 Å². The van der Waals surface area contributed by atoms with Crippen LogP contribution in [0.5, 0.6) is 0 Å². The molecule has 0 aliphatic carbocycles. The van der Waals surface area contributed by atoms with E-state index < -0.39 is 0 Å². The van der Waals surface area contributed by atoms with Gasteiger partial charge in [0, 0.05) is 18.4 Å². The number of rotatable bonds is 1. The first-order valence-corrected chi connectivity index (χ1v) is 6.92. The minimum atomic E-state index is 0.554. The Morgan fingerprint density at radius 2 is 2.10 bits per heavy atom. The zero-order valence-electron chi connectivity index (χ0n) is 11.8. The predicted molar refractivity (Wildman–Crippen MR) is 80.0 cm³/mol. The van der Waals surface area contributed by atoms with Crippen molar-refractivity contribution in [3.63, 3.8) is 0 Å². The molecule has 0 saturated carbocycles. The molecule has 3 heteroatoms. The molecule has 0 N–H and O–H groups in total. The van der Waals surface area contributed by atoms with Gasteiger partial charge in [-0.2, -0.15) is 5.26 Å². The van der Waals surface area contributed by atoms with E-state index in [9.17, 15) is 5.26 Å². The number of fused-ring (bicyclic) bond motifs is 1. The Morgan fingerprint density at radius 1 is 1.30 bits per heavy atom. The molecular formula is C17H17N3. The molecule has 1 aliphatic heterocycles. The number of hydrogen-bond donors (Lipinski definition) is 0. The van der Waals surface area contributed by atoms with Crippen molar-refractivity contribution in [2.45, 2.75) is 20.3 Å². The van der Waals surface area contributed by atoms with Gasteiger partial charge in [0.2, 0.25) is 0 Å². The van der Waals surface area contributed by atoms with E-state index >= 15 is 0 Å². The molecule has 1 aliphatic rings. The Hall–Kier alpha value is -2.34. The fourth-order valence-corrected chi connectivity index (χ4v) is 2.88. The third-order valence-corrected chi connectivity index (χ3v) is 3.85. The number of aryl methyl sites for hydroxylation is 1. The third kappa shape index (κ3) is 2.04. The van der Waals surface area contributed by atoms with Crippen LogP contribution in [0.4, 0.5) is 11.5 Å². The normalized spacial score (nSPS) is 17.4. The highest BCUT2D eigenvalue weighted by atomic mass is 15.2. The van der Waals surface area contributed by atoms with Crippen LogP contribution in [0.15, 0.2) is 36.5 Å². The number of pyridine rings is 1. The summed E-state index contributed by atoms with van der Waals surface area (Å²) in [6.45, 7) is 5.11. The van der Waals surface area contributed by atoms with E-state index in [-0.39, 0.29) is 0 Å². The van der Waals surface area contributed by atoms with Crippen molar-refractivity contribution in [3.8, 4) is 6.07 Å². The van der Waals surface area contributed by atoms with E-state index in [4.69, 9.17) is 0 Å². The highest BCUT2D eigenvalue weighted by molar-refractivity contribution is 5.70. The van der Waals surface area contributed by atoms with Crippen LogP contribution in [-0.4, -0.2) is 11.5 Å². The van der Waals surface area contributed by atoms with Crippen LogP contribution in [0.1, 0.15) is 23.6 Å². The lowest BCUT2D eigenvalue weighted by molar-refractivity contribution is 0.560. The van der Waals surface area contributed by atoms with Gasteiger partial charge >= 0.3 is 0 Å². The van der Waals surface area contributed by atoms with Gasteiger partial charge in [0.15, 0.2) is 5.82 Å². The Morgan fingerprint density at radius 3 is 2.90 bits per heavy atom. The summed E-state index contributed by atoms with van der Waals surface area (Å²) in [6.07, 6.45) is 2.87. The maximum Gasteiger partial charge on any atom is 0.151 e. The topological polar surface area (TPSA) is 39.9 Å². The molecule has 0 amide bonds. The number of benzene rings is 1. The second-order valence-corrected chi connectivity index (χ2v) is 5.49. The SMILES string of the molecule is Cc1ccnc(N2CC(C)Cc3ccccc32)c1C#N. The molecule has 0 radical (unpaired) electrons. The van der Waals surface area contributed by atoms with Crippen molar-refractivity contribution >= 4 is 11.5 Å². The molecule has 1 aromatic heterocycles. The molecule has 2 heterocycles. The Kier molecular flexibility index (Phi) is 3.15. The maximum absolute atomic E-state index is 9.43. The Balaban J connectivity index is 2.16. The standard InChI is InChI=1S/C17H17N3/c1-12-9-14-5-3-4-6-16(14)20(11-12)17-15(10-18)13(2)7-8-19-17/h3-8,12H,9,11H2,1-2H3. The van der Waals surface area contributed by atoms with Gasteiger partial charge < -0.3 is 4.90 Å². The third-order valence-electron chi connectivity index (χ3n) is 3.85. The van der Waals surface area contributed by atoms with Crippen molar-refractivity contribution in [3.05, 3.63) is 53.2 Å². The second kappa shape index (κ2) is 4.97. The molecule has 0 spiro atoms. The van der Waals surface area contributed by atoms with Crippen LogP contribution in [0.25, 0.3) is 0 Å². The van der Waals surface area contributed by atoms with Crippen LogP contribution in [0, 0.1) is 24.2 Å². The molecule has 3 nitrogen and oxygen atoms in total. The van der Waals surface area contributed by atoms with Gasteiger partial charge in [0.05, 0.1) is 5.56 Å². The van der Waals surface area contributed by atoms with E-state index in [1.165, 1.54) is 11.3 Å². The van der Waals surface area contributed by atoms with Crippen LogP contribution >= 0.6 is 0 Å². The number of aromatic nitrogens is 1. The zero-order chi connectivity index (χ0) is 14.1. The van der Waals surface area contributed by atoms with Gasteiger partial charge in [-0.05, 0) is 42.5 Å². The minimum Gasteiger partial charge on any atom is -0.325 e. The van der Waals surface area contributed by atoms with E-state index in [0.29, 0.717) is 11.5 Å². The van der Waals surface area contributed by atoms with Gasteiger partial charge in [-0.15, -0.1) is 0 Å². The lowest BCUT2D eigenvalue weighted by Gasteiger charge is -2.34. The summed E-state index contributed by atoms with van der Waals surface area (Å²) in [7, 11) is 0. The van der Waals surface area contributed by atoms with Crippen molar-refractivity contribution < 1.29 is 0 Å². The Bertz CT molecular complexity index is 685. The molecule has 0 fully saturated rings. The van der Waals surface area contributed by atoms with E-state index in [1.54, 1.807) is 6.20 Å². The van der Waals surface area contributed by atoms with Crippen molar-refractivity contribution in [1.82, 2.24) is 4.98 Å². The van der Waals surface area contributed by atoms with E-state index in [2.05, 4.69) is 41.1 Å². The minimum absolute atomic E-state index is 0.554. The molecule has 100 valence electrons. The first-order chi connectivity index (χ1) is 9.70. The largest absolute Gasteiger partial charge is 0.325 e. The molecule has 3 rings (SSSR count). The molecular weight excluding hydrogens is 246 g/mol. The van der Waals surface area contributed by atoms with Gasteiger partial charge in [-0.1, -0.05) is 25.1 Å². The predicted octanol–water partition coefficient (Wildman–Crippen LogP) is 3.59. The van der Waals surface area contributed by atoms with E-state index in [1.807, 2.05) is 19.1 Å². The number of nitrogens with zero attached hydrogens (tertiary/aromatic N) is 3. The molecule has 20 heavy (non-hydrogen) atoms. The van der Waals surface area contributed by atoms with Gasteiger partial charge in [0.1, 0.15) is 6.07 Å². The van der Waals surface area contributed by atoms with Gasteiger partial charge in [-0.25, -0.2) is 4.98 Å². The number of para-hydroxylation sites is 1. The van der Waals surface area contributed by atoms with Crippen molar-refractivity contribution in [1.29, 1.82) is 5.26 Å². The van der Waals surface area contributed by atoms with Crippen molar-refractivity contribution in [2.75, 3.05) is 11.4 Å². The van der Waals surface area contributed by atoms with Gasteiger partial charge in [0.25, 0.3) is 0 Å². The number of hydrogen-bond acceptors (Lipinski definition) is 3. The smallest absolute Gasteiger partial charge is 0.151 e. The summed E-state index contributed by atoms with van der Waals surface area (Å²) in [5.74, 6) is 1.34. The summed E-state index contributed by atoms with van der Waals surface area (Å²) in [5, 5.41) is 9.43. The lowest BCUT2D eigenvalue weighted by atomic mass is 9.93. The summed E-state index contributed by atoms with van der Waals surface area (Å²) < 4.78 is 0. The quantitative estimate of drug-likeness (QED) is 0.789. The zero-order valence-corrected chi connectivity index (χ0v) is 11.8. The van der Waals surface area contributed by atoms with Crippen LogP contribution in [0.2, 0.25) is 0 Å². The maximum atomic E-state index is 9.43. The Labute approximate surface area is 119 Å². The average molecular weight is 263 g/mol. The average Bonchev–Trinajstić information content (AvgIpc) is 2.46. The van der Waals surface area contributed by atoms with E-state index in [0.717, 1.165) is 24.3 Å². The first kappa shape index (κ1) is 12.7.